The van der Waals surface area contributed by atoms with E-state index >= 15 is 0 Å². The van der Waals surface area contributed by atoms with Crippen molar-refractivity contribution in [3.63, 3.8) is 0 Å². The molecule has 1 heterocycles. The lowest BCUT2D eigenvalue weighted by Crippen LogP contribution is -2.35. The highest BCUT2D eigenvalue weighted by molar-refractivity contribution is 9.10. The molecule has 2 atom stereocenters. The number of halogens is 1. The zero-order valence-corrected chi connectivity index (χ0v) is 17.9. The number of rotatable bonds is 3. The minimum Gasteiger partial charge on any atom is -0.291 e. The van der Waals surface area contributed by atoms with Crippen molar-refractivity contribution in [1.82, 2.24) is 9.55 Å². The Morgan fingerprint density at radius 1 is 1.29 bits per heavy atom. The minimum absolute atomic E-state index is 0.121. The van der Waals surface area contributed by atoms with Crippen LogP contribution in [0.15, 0.2) is 27.8 Å². The van der Waals surface area contributed by atoms with Crippen LogP contribution in [0.5, 0.6) is 0 Å². The molecule has 0 amide bonds. The molecule has 1 aromatic heterocycles. The van der Waals surface area contributed by atoms with Gasteiger partial charge in [-0.25, -0.2) is 4.98 Å². The second kappa shape index (κ2) is 6.21. The molecule has 0 saturated heterocycles. The van der Waals surface area contributed by atoms with Crippen LogP contribution in [-0.4, -0.2) is 9.55 Å². The van der Waals surface area contributed by atoms with E-state index in [0.29, 0.717) is 17.8 Å². The molecular weight excluding hydrogens is 380 g/mol. The number of imidazole rings is 1. The van der Waals surface area contributed by atoms with Gasteiger partial charge in [0.05, 0.1) is 5.52 Å². The third-order valence-corrected chi connectivity index (χ3v) is 6.88. The molecule has 1 unspecified atom stereocenters. The van der Waals surface area contributed by atoms with Crippen LogP contribution in [0.3, 0.4) is 0 Å². The summed E-state index contributed by atoms with van der Waals surface area (Å²) in [6.45, 7) is 13.9. The highest BCUT2D eigenvalue weighted by atomic mass is 79.9. The summed E-state index contributed by atoms with van der Waals surface area (Å²) < 4.78 is 3.32. The molecule has 0 spiro atoms. The van der Waals surface area contributed by atoms with Crippen LogP contribution in [0, 0.1) is 30.1 Å². The number of hydrogen-bond acceptors (Lipinski definition) is 2. The Kier molecular flexibility index (Phi) is 4.67. The molecule has 0 aliphatic heterocycles. The van der Waals surface area contributed by atoms with Crippen molar-refractivity contribution in [1.29, 1.82) is 0 Å². The first-order valence-electron chi connectivity index (χ1n) is 8.76. The van der Waals surface area contributed by atoms with E-state index in [4.69, 9.17) is 17.6 Å². The van der Waals surface area contributed by atoms with Crippen LogP contribution < -0.4 is 0 Å². The summed E-state index contributed by atoms with van der Waals surface area (Å²) in [4.78, 5) is 4.73. The molecule has 130 valence electrons. The van der Waals surface area contributed by atoms with E-state index in [2.05, 4.69) is 80.2 Å². The quantitative estimate of drug-likeness (QED) is 0.570. The first kappa shape index (κ1) is 18.1. The topological polar surface area (TPSA) is 17.8 Å². The van der Waals surface area contributed by atoms with Crippen LogP contribution in [0.4, 0.5) is 0 Å². The normalized spacial score (nSPS) is 24.4. The standard InChI is InChI=1S/C20H27BrN2S/c1-11(2)14-7-8-17(20(14,6)12(3)4)23-16-10-13(5)9-15(21)18(16)22-19(23)24/h8-12,14H,7H2,1-6H3,(H,22,24)/t14?,20-/m0/s1. The lowest BCUT2D eigenvalue weighted by Gasteiger charge is -2.41. The van der Waals surface area contributed by atoms with Crippen molar-refractivity contribution in [3.8, 4) is 0 Å². The van der Waals surface area contributed by atoms with Crippen molar-refractivity contribution in [3.05, 3.63) is 28.2 Å². The van der Waals surface area contributed by atoms with E-state index < -0.39 is 0 Å². The van der Waals surface area contributed by atoms with Gasteiger partial charge < -0.3 is 0 Å². The second-order valence-corrected chi connectivity index (χ2v) is 9.23. The Hall–Kier alpha value is -0.740. The van der Waals surface area contributed by atoms with Crippen LogP contribution in [0.2, 0.25) is 0 Å². The van der Waals surface area contributed by atoms with E-state index in [1.165, 1.54) is 11.3 Å². The summed E-state index contributed by atoms with van der Waals surface area (Å²) >= 11 is 8.40. The maximum atomic E-state index is 4.73. The molecule has 1 aromatic carbocycles. The molecule has 0 saturated carbocycles. The summed E-state index contributed by atoms with van der Waals surface area (Å²) in [5.74, 6) is 1.85. The Balaban J connectivity index is 2.26. The molecular formula is C20H27BrN2S. The van der Waals surface area contributed by atoms with Crippen LogP contribution >= 0.6 is 28.6 Å². The molecule has 0 N–H and O–H groups in total. The predicted octanol–water partition coefficient (Wildman–Crippen LogP) is 6.58. The van der Waals surface area contributed by atoms with Gasteiger partial charge in [-0.3, -0.25) is 4.57 Å². The number of fused-ring (bicyclic) bond motifs is 1. The Morgan fingerprint density at radius 2 is 1.96 bits per heavy atom. The molecule has 3 rings (SSSR count). The first-order valence-corrected chi connectivity index (χ1v) is 10.0. The van der Waals surface area contributed by atoms with Gasteiger partial charge in [0.15, 0.2) is 5.16 Å². The maximum absolute atomic E-state index is 4.73. The molecule has 0 radical (unpaired) electrons. The highest BCUT2D eigenvalue weighted by Gasteiger charge is 2.46. The van der Waals surface area contributed by atoms with Crippen molar-refractivity contribution >= 4 is 45.3 Å². The Morgan fingerprint density at radius 3 is 2.54 bits per heavy atom. The number of nitrogens with zero attached hydrogens (tertiary/aromatic N) is 2. The van der Waals surface area contributed by atoms with Crippen LogP contribution in [0.1, 0.15) is 46.6 Å². The lowest BCUT2D eigenvalue weighted by molar-refractivity contribution is 0.152. The van der Waals surface area contributed by atoms with E-state index in [0.717, 1.165) is 27.1 Å². The van der Waals surface area contributed by atoms with Crippen molar-refractivity contribution in [2.75, 3.05) is 0 Å². The third-order valence-electron chi connectivity index (χ3n) is 5.97. The number of aryl methyl sites for hydroxylation is 1. The number of benzene rings is 1. The summed E-state index contributed by atoms with van der Waals surface area (Å²) in [6, 6.07) is 4.34. The average Bonchev–Trinajstić information content (AvgIpc) is 2.97. The SMILES string of the molecule is Cc1cc(Br)c2nc(S)n(C3=CCC(C(C)C)[C@]3(C)C(C)C)c2c1. The Bertz CT molecular complexity index is 819. The van der Waals surface area contributed by atoms with E-state index in [1.54, 1.807) is 0 Å². The second-order valence-electron chi connectivity index (χ2n) is 7.97. The summed E-state index contributed by atoms with van der Waals surface area (Å²) in [6.07, 6.45) is 3.54. The molecule has 2 nitrogen and oxygen atoms in total. The maximum Gasteiger partial charge on any atom is 0.170 e. The fourth-order valence-electron chi connectivity index (χ4n) is 4.41. The number of thiol groups is 1. The first-order chi connectivity index (χ1) is 11.2. The van der Waals surface area contributed by atoms with Gasteiger partial charge in [-0.1, -0.05) is 40.7 Å². The van der Waals surface area contributed by atoms with Gasteiger partial charge in [-0.15, -0.1) is 12.6 Å². The van der Waals surface area contributed by atoms with E-state index in [9.17, 15) is 0 Å². The van der Waals surface area contributed by atoms with Crippen molar-refractivity contribution in [2.24, 2.45) is 23.2 Å². The zero-order chi connectivity index (χ0) is 17.8. The van der Waals surface area contributed by atoms with Crippen molar-refractivity contribution < 1.29 is 0 Å². The fraction of sp³-hybridized carbons (Fsp3) is 0.550. The van der Waals surface area contributed by atoms with Gasteiger partial charge in [0, 0.05) is 15.6 Å². The summed E-state index contributed by atoms with van der Waals surface area (Å²) in [7, 11) is 0. The number of allylic oxidation sites excluding steroid dienone is 2. The zero-order valence-electron chi connectivity index (χ0n) is 15.4. The van der Waals surface area contributed by atoms with Crippen LogP contribution in [-0.2, 0) is 0 Å². The Labute approximate surface area is 159 Å². The van der Waals surface area contributed by atoms with Gasteiger partial charge in [0.25, 0.3) is 0 Å². The van der Waals surface area contributed by atoms with Gasteiger partial charge >= 0.3 is 0 Å². The summed E-state index contributed by atoms with van der Waals surface area (Å²) in [5.41, 5.74) is 4.85. The number of hydrogen-bond donors (Lipinski definition) is 1. The minimum atomic E-state index is 0.121. The van der Waals surface area contributed by atoms with Gasteiger partial charge in [0.2, 0.25) is 0 Å². The molecule has 24 heavy (non-hydrogen) atoms. The molecule has 0 bridgehead atoms. The van der Waals surface area contributed by atoms with Crippen molar-refractivity contribution in [2.45, 2.75) is 53.1 Å². The fourth-order valence-corrected chi connectivity index (χ4v) is 5.37. The molecule has 4 heteroatoms. The molecule has 1 aliphatic rings. The van der Waals surface area contributed by atoms with E-state index in [1.807, 2.05) is 0 Å². The largest absolute Gasteiger partial charge is 0.291 e. The van der Waals surface area contributed by atoms with Gasteiger partial charge in [-0.2, -0.15) is 0 Å². The van der Waals surface area contributed by atoms with Gasteiger partial charge in [0.1, 0.15) is 5.52 Å². The molecule has 2 aromatic rings. The summed E-state index contributed by atoms with van der Waals surface area (Å²) in [5, 5.41) is 0.777. The van der Waals surface area contributed by atoms with Gasteiger partial charge in [-0.05, 0) is 64.7 Å². The number of aromatic nitrogens is 2. The van der Waals surface area contributed by atoms with Crippen LogP contribution in [0.25, 0.3) is 16.7 Å². The smallest absolute Gasteiger partial charge is 0.170 e. The highest BCUT2D eigenvalue weighted by Crippen LogP contribution is 2.55. The monoisotopic (exact) mass is 406 g/mol. The molecule has 0 fully saturated rings. The van der Waals surface area contributed by atoms with E-state index in [-0.39, 0.29) is 5.41 Å². The predicted molar refractivity (Wildman–Crippen MR) is 110 cm³/mol. The lowest BCUT2D eigenvalue weighted by atomic mass is 9.66. The third kappa shape index (κ3) is 2.57. The molecule has 1 aliphatic carbocycles. The average molecular weight is 407 g/mol.